The third-order valence-electron chi connectivity index (χ3n) is 4.28. The lowest BCUT2D eigenvalue weighted by Crippen LogP contribution is -2.41. The smallest absolute Gasteiger partial charge is 0.145 e. The van der Waals surface area contributed by atoms with Crippen molar-refractivity contribution in [2.45, 2.75) is 6.04 Å². The predicted molar refractivity (Wildman–Crippen MR) is 97.5 cm³/mol. The minimum Gasteiger partial charge on any atom is -0.379 e. The molecule has 0 amide bonds. The minimum atomic E-state index is 0.335. The Bertz CT molecular complexity index is 787. The number of fused-ring (bicyclic) bond motifs is 1. The van der Waals surface area contributed by atoms with E-state index in [9.17, 15) is 0 Å². The van der Waals surface area contributed by atoms with Gasteiger partial charge in [0.15, 0.2) is 0 Å². The average molecular weight is 340 g/mol. The normalized spacial score (nSPS) is 17.0. The fourth-order valence-corrected chi connectivity index (χ4v) is 3.88. The van der Waals surface area contributed by atoms with Gasteiger partial charge in [-0.3, -0.25) is 9.88 Å². The summed E-state index contributed by atoms with van der Waals surface area (Å²) >= 11 is 1.80. The molecule has 124 valence electrons. The Morgan fingerprint density at radius 2 is 1.96 bits per heavy atom. The van der Waals surface area contributed by atoms with Crippen LogP contribution in [-0.4, -0.2) is 47.7 Å². The van der Waals surface area contributed by atoms with Crippen LogP contribution in [0.1, 0.15) is 10.9 Å². The molecular weight excluding hydrogens is 320 g/mol. The van der Waals surface area contributed by atoms with Crippen LogP contribution in [0.25, 0.3) is 11.0 Å². The van der Waals surface area contributed by atoms with Gasteiger partial charge in [-0.15, -0.1) is 11.3 Å². The number of ether oxygens (including phenoxy) is 1. The SMILES string of the molecule is c1csc(C(CNc2cnc3ccccc3n2)N2CCOCC2)c1. The second-order valence-corrected chi connectivity index (χ2v) is 6.78. The molecule has 0 radical (unpaired) electrons. The number of benzene rings is 1. The zero-order valence-electron chi connectivity index (χ0n) is 13.4. The Hall–Kier alpha value is -2.02. The molecule has 4 rings (SSSR count). The van der Waals surface area contributed by atoms with Crippen LogP contribution in [0, 0.1) is 0 Å². The minimum absolute atomic E-state index is 0.335. The first-order valence-corrected chi connectivity index (χ1v) is 9.09. The summed E-state index contributed by atoms with van der Waals surface area (Å²) in [4.78, 5) is 13.0. The van der Waals surface area contributed by atoms with Gasteiger partial charge < -0.3 is 10.1 Å². The number of aromatic nitrogens is 2. The van der Waals surface area contributed by atoms with Gasteiger partial charge in [0.2, 0.25) is 0 Å². The van der Waals surface area contributed by atoms with Crippen molar-refractivity contribution in [1.82, 2.24) is 14.9 Å². The van der Waals surface area contributed by atoms with Crippen molar-refractivity contribution in [3.05, 3.63) is 52.9 Å². The van der Waals surface area contributed by atoms with Crippen molar-refractivity contribution in [1.29, 1.82) is 0 Å². The van der Waals surface area contributed by atoms with Gasteiger partial charge in [0.25, 0.3) is 0 Å². The molecule has 1 saturated heterocycles. The molecule has 6 heteroatoms. The molecule has 1 fully saturated rings. The van der Waals surface area contributed by atoms with Crippen LogP contribution in [0.4, 0.5) is 5.82 Å². The number of hydrogen-bond donors (Lipinski definition) is 1. The van der Waals surface area contributed by atoms with Gasteiger partial charge >= 0.3 is 0 Å². The number of thiophene rings is 1. The van der Waals surface area contributed by atoms with Gasteiger partial charge in [-0.05, 0) is 23.6 Å². The standard InChI is InChI=1S/C18H20N4OS/c1-2-5-15-14(4-1)19-13-18(21-15)20-12-16(17-6-3-11-24-17)22-7-9-23-10-8-22/h1-6,11,13,16H,7-10,12H2,(H,20,21). The number of rotatable bonds is 5. The van der Waals surface area contributed by atoms with Crippen LogP contribution in [0.3, 0.4) is 0 Å². The summed E-state index contributed by atoms with van der Waals surface area (Å²) in [6.07, 6.45) is 1.81. The van der Waals surface area contributed by atoms with E-state index in [1.807, 2.05) is 30.5 Å². The molecule has 3 aromatic rings. The molecule has 1 N–H and O–H groups in total. The number of morpholine rings is 1. The maximum absolute atomic E-state index is 5.50. The Labute approximate surface area is 145 Å². The van der Waals surface area contributed by atoms with Crippen molar-refractivity contribution in [2.24, 2.45) is 0 Å². The monoisotopic (exact) mass is 340 g/mol. The Balaban J connectivity index is 1.51. The van der Waals surface area contributed by atoms with Crippen LogP contribution in [0.5, 0.6) is 0 Å². The molecule has 0 bridgehead atoms. The maximum atomic E-state index is 5.50. The first kappa shape index (κ1) is 15.5. The van der Waals surface area contributed by atoms with Gasteiger partial charge in [0, 0.05) is 24.5 Å². The van der Waals surface area contributed by atoms with Gasteiger partial charge in [-0.1, -0.05) is 18.2 Å². The first-order chi connectivity index (χ1) is 11.9. The highest BCUT2D eigenvalue weighted by Gasteiger charge is 2.23. The van der Waals surface area contributed by atoms with E-state index in [1.165, 1.54) is 4.88 Å². The number of para-hydroxylation sites is 2. The van der Waals surface area contributed by atoms with Crippen molar-refractivity contribution in [3.8, 4) is 0 Å². The predicted octanol–water partition coefficient (Wildman–Crippen LogP) is 3.18. The molecule has 2 aromatic heterocycles. The Morgan fingerprint density at radius 1 is 1.12 bits per heavy atom. The van der Waals surface area contributed by atoms with E-state index in [0.717, 1.165) is 49.7 Å². The van der Waals surface area contributed by atoms with Gasteiger partial charge in [-0.25, -0.2) is 4.98 Å². The summed E-state index contributed by atoms with van der Waals surface area (Å²) in [5.41, 5.74) is 1.84. The summed E-state index contributed by atoms with van der Waals surface area (Å²) in [7, 11) is 0. The van der Waals surface area contributed by atoms with Crippen LogP contribution in [0.2, 0.25) is 0 Å². The molecule has 1 atom stereocenters. The van der Waals surface area contributed by atoms with E-state index in [4.69, 9.17) is 4.74 Å². The molecule has 3 heterocycles. The third-order valence-corrected chi connectivity index (χ3v) is 5.26. The average Bonchev–Trinajstić information content (AvgIpc) is 3.17. The summed E-state index contributed by atoms with van der Waals surface area (Å²) in [6, 6.07) is 12.6. The number of nitrogens with one attached hydrogen (secondary N) is 1. The summed E-state index contributed by atoms with van der Waals surface area (Å²) < 4.78 is 5.50. The fraction of sp³-hybridized carbons (Fsp3) is 0.333. The Kier molecular flexibility index (Phi) is 4.69. The summed E-state index contributed by atoms with van der Waals surface area (Å²) in [5, 5.41) is 5.61. The van der Waals surface area contributed by atoms with Gasteiger partial charge in [0.05, 0.1) is 36.5 Å². The Morgan fingerprint density at radius 3 is 2.75 bits per heavy atom. The van der Waals surface area contributed by atoms with E-state index in [-0.39, 0.29) is 0 Å². The lowest BCUT2D eigenvalue weighted by molar-refractivity contribution is 0.0194. The topological polar surface area (TPSA) is 50.3 Å². The fourth-order valence-electron chi connectivity index (χ4n) is 3.02. The molecule has 1 unspecified atom stereocenters. The summed E-state index contributed by atoms with van der Waals surface area (Å²) in [6.45, 7) is 4.35. The van der Waals surface area contributed by atoms with Crippen LogP contribution in [0.15, 0.2) is 48.0 Å². The highest BCUT2D eigenvalue weighted by atomic mass is 32.1. The van der Waals surface area contributed by atoms with E-state index in [2.05, 4.69) is 37.7 Å². The van der Waals surface area contributed by atoms with E-state index in [0.29, 0.717) is 6.04 Å². The molecule has 24 heavy (non-hydrogen) atoms. The molecule has 0 aliphatic carbocycles. The quantitative estimate of drug-likeness (QED) is 0.773. The zero-order chi connectivity index (χ0) is 16.2. The van der Waals surface area contributed by atoms with Crippen molar-refractivity contribution in [3.63, 3.8) is 0 Å². The van der Waals surface area contributed by atoms with Crippen molar-refractivity contribution >= 4 is 28.2 Å². The second kappa shape index (κ2) is 7.25. The van der Waals surface area contributed by atoms with Gasteiger partial charge in [0.1, 0.15) is 5.82 Å². The lowest BCUT2D eigenvalue weighted by atomic mass is 10.2. The maximum Gasteiger partial charge on any atom is 0.145 e. The number of nitrogens with zero attached hydrogens (tertiary/aromatic N) is 3. The zero-order valence-corrected chi connectivity index (χ0v) is 14.2. The van der Waals surface area contributed by atoms with E-state index >= 15 is 0 Å². The number of anilines is 1. The lowest BCUT2D eigenvalue weighted by Gasteiger charge is -2.34. The van der Waals surface area contributed by atoms with Crippen molar-refractivity contribution in [2.75, 3.05) is 38.2 Å². The summed E-state index contributed by atoms with van der Waals surface area (Å²) in [5.74, 6) is 0.823. The molecular formula is C18H20N4OS. The highest BCUT2D eigenvalue weighted by Crippen LogP contribution is 2.26. The van der Waals surface area contributed by atoms with Crippen LogP contribution >= 0.6 is 11.3 Å². The van der Waals surface area contributed by atoms with Crippen LogP contribution < -0.4 is 5.32 Å². The van der Waals surface area contributed by atoms with E-state index in [1.54, 1.807) is 11.3 Å². The molecule has 1 aromatic carbocycles. The first-order valence-electron chi connectivity index (χ1n) is 8.21. The molecule has 1 aliphatic rings. The third kappa shape index (κ3) is 3.40. The molecule has 0 saturated carbocycles. The largest absolute Gasteiger partial charge is 0.379 e. The van der Waals surface area contributed by atoms with Crippen LogP contribution in [-0.2, 0) is 4.74 Å². The molecule has 5 nitrogen and oxygen atoms in total. The molecule has 1 aliphatic heterocycles. The van der Waals surface area contributed by atoms with Gasteiger partial charge in [-0.2, -0.15) is 0 Å². The number of hydrogen-bond acceptors (Lipinski definition) is 6. The van der Waals surface area contributed by atoms with E-state index < -0.39 is 0 Å². The highest BCUT2D eigenvalue weighted by molar-refractivity contribution is 7.10. The molecule has 0 spiro atoms. The van der Waals surface area contributed by atoms with Crippen molar-refractivity contribution < 1.29 is 4.74 Å². The second-order valence-electron chi connectivity index (χ2n) is 5.80.